The van der Waals surface area contributed by atoms with Gasteiger partial charge in [-0.2, -0.15) is 13.2 Å². The lowest BCUT2D eigenvalue weighted by atomic mass is 10.1. The van der Waals surface area contributed by atoms with Crippen LogP contribution in [0.25, 0.3) is 0 Å². The predicted molar refractivity (Wildman–Crippen MR) is 54.5 cm³/mol. The zero-order chi connectivity index (χ0) is 11.6. The van der Waals surface area contributed by atoms with Crippen LogP contribution < -0.4 is 4.90 Å². The van der Waals surface area contributed by atoms with E-state index in [-0.39, 0.29) is 5.69 Å². The molecule has 0 aromatic heterocycles. The Kier molecular flexibility index (Phi) is 3.05. The van der Waals surface area contributed by atoms with E-state index in [1.807, 2.05) is 0 Å². The second-order valence-electron chi connectivity index (χ2n) is 3.61. The molecule has 0 amide bonds. The van der Waals surface area contributed by atoms with Crippen LogP contribution in [-0.4, -0.2) is 26.3 Å². The minimum absolute atomic E-state index is 0.248. The molecule has 1 aromatic rings. The number of anilines is 1. The number of hydrogen-bond acceptors (Lipinski definition) is 2. The molecule has 2 rings (SSSR count). The molecular formula is C11H12F3NO. The number of benzene rings is 1. The zero-order valence-corrected chi connectivity index (χ0v) is 8.63. The van der Waals surface area contributed by atoms with E-state index in [2.05, 4.69) is 0 Å². The van der Waals surface area contributed by atoms with Gasteiger partial charge < -0.3 is 9.64 Å². The number of nitrogens with zero attached hydrogens (tertiary/aromatic N) is 1. The molecule has 1 aromatic carbocycles. The van der Waals surface area contributed by atoms with Crippen molar-refractivity contribution in [2.24, 2.45) is 0 Å². The minimum atomic E-state index is -4.30. The van der Waals surface area contributed by atoms with Gasteiger partial charge in [0.05, 0.1) is 18.8 Å². The number of para-hydroxylation sites is 1. The molecule has 0 aliphatic carbocycles. The van der Waals surface area contributed by atoms with E-state index in [4.69, 9.17) is 4.74 Å². The third-order valence-electron chi connectivity index (χ3n) is 2.56. The lowest BCUT2D eigenvalue weighted by Gasteiger charge is -2.30. The first kappa shape index (κ1) is 11.3. The maximum atomic E-state index is 12.7. The molecule has 0 radical (unpaired) electrons. The number of hydrogen-bond donors (Lipinski definition) is 0. The average molecular weight is 231 g/mol. The SMILES string of the molecule is FC(F)(F)c1ccccc1N1CCOCC1. The summed E-state index contributed by atoms with van der Waals surface area (Å²) in [6, 6.07) is 5.66. The Bertz CT molecular complexity index is 358. The number of alkyl halides is 3. The normalized spacial score (nSPS) is 17.6. The predicted octanol–water partition coefficient (Wildman–Crippen LogP) is 2.54. The highest BCUT2D eigenvalue weighted by atomic mass is 19.4. The smallest absolute Gasteiger partial charge is 0.378 e. The van der Waals surface area contributed by atoms with Gasteiger partial charge in [0.25, 0.3) is 0 Å². The van der Waals surface area contributed by atoms with E-state index in [0.29, 0.717) is 26.3 Å². The van der Waals surface area contributed by atoms with E-state index in [1.54, 1.807) is 11.0 Å². The summed E-state index contributed by atoms with van der Waals surface area (Å²) in [5.41, 5.74) is -0.324. The first-order valence-corrected chi connectivity index (χ1v) is 5.08. The summed E-state index contributed by atoms with van der Waals surface area (Å²) in [5.74, 6) is 0. The third kappa shape index (κ3) is 2.29. The molecule has 1 aliphatic heterocycles. The Balaban J connectivity index is 2.32. The first-order chi connectivity index (χ1) is 7.59. The molecule has 2 nitrogen and oxygen atoms in total. The standard InChI is InChI=1S/C11H12F3NO/c12-11(13,14)9-3-1-2-4-10(9)15-5-7-16-8-6-15/h1-4H,5-8H2. The summed E-state index contributed by atoms with van der Waals surface area (Å²) in [6.07, 6.45) is -4.30. The molecule has 88 valence electrons. The molecule has 5 heteroatoms. The second-order valence-corrected chi connectivity index (χ2v) is 3.61. The zero-order valence-electron chi connectivity index (χ0n) is 8.63. The van der Waals surface area contributed by atoms with Crippen LogP contribution >= 0.6 is 0 Å². The third-order valence-corrected chi connectivity index (χ3v) is 2.56. The summed E-state index contributed by atoms with van der Waals surface area (Å²) in [7, 11) is 0. The second kappa shape index (κ2) is 4.33. The van der Waals surface area contributed by atoms with Crippen molar-refractivity contribution in [1.82, 2.24) is 0 Å². The van der Waals surface area contributed by atoms with Gasteiger partial charge >= 0.3 is 6.18 Å². The molecule has 1 heterocycles. The van der Waals surface area contributed by atoms with Crippen LogP contribution in [0.5, 0.6) is 0 Å². The monoisotopic (exact) mass is 231 g/mol. The van der Waals surface area contributed by atoms with Gasteiger partial charge in [0.2, 0.25) is 0 Å². The molecule has 0 saturated carbocycles. The molecule has 0 unspecified atom stereocenters. The Morgan fingerprint density at radius 3 is 2.31 bits per heavy atom. The summed E-state index contributed by atoms with van der Waals surface area (Å²) >= 11 is 0. The van der Waals surface area contributed by atoms with Crippen molar-refractivity contribution in [3.63, 3.8) is 0 Å². The summed E-state index contributed by atoms with van der Waals surface area (Å²) in [4.78, 5) is 1.71. The lowest BCUT2D eigenvalue weighted by Crippen LogP contribution is -2.37. The molecule has 0 N–H and O–H groups in total. The van der Waals surface area contributed by atoms with Crippen LogP contribution in [0.1, 0.15) is 5.56 Å². The van der Waals surface area contributed by atoms with Gasteiger partial charge in [0.1, 0.15) is 0 Å². The Morgan fingerprint density at radius 2 is 1.69 bits per heavy atom. The maximum absolute atomic E-state index is 12.7. The van der Waals surface area contributed by atoms with Crippen molar-refractivity contribution < 1.29 is 17.9 Å². The van der Waals surface area contributed by atoms with Crippen molar-refractivity contribution in [3.8, 4) is 0 Å². The molecular weight excluding hydrogens is 219 g/mol. The molecule has 0 bridgehead atoms. The van der Waals surface area contributed by atoms with E-state index < -0.39 is 11.7 Å². The van der Waals surface area contributed by atoms with Crippen LogP contribution in [0.4, 0.5) is 18.9 Å². The molecule has 1 saturated heterocycles. The van der Waals surface area contributed by atoms with Gasteiger partial charge in [0, 0.05) is 18.8 Å². The first-order valence-electron chi connectivity index (χ1n) is 5.08. The highest BCUT2D eigenvalue weighted by Gasteiger charge is 2.34. The largest absolute Gasteiger partial charge is 0.418 e. The van der Waals surface area contributed by atoms with Crippen LogP contribution in [0.2, 0.25) is 0 Å². The van der Waals surface area contributed by atoms with Crippen molar-refractivity contribution >= 4 is 5.69 Å². The number of ether oxygens (including phenoxy) is 1. The van der Waals surface area contributed by atoms with Gasteiger partial charge in [-0.3, -0.25) is 0 Å². The van der Waals surface area contributed by atoms with Crippen molar-refractivity contribution in [1.29, 1.82) is 0 Å². The maximum Gasteiger partial charge on any atom is 0.418 e. The Morgan fingerprint density at radius 1 is 1.06 bits per heavy atom. The number of morpholine rings is 1. The van der Waals surface area contributed by atoms with Crippen molar-refractivity contribution in [2.45, 2.75) is 6.18 Å². The average Bonchev–Trinajstić information content (AvgIpc) is 2.29. The van der Waals surface area contributed by atoms with Gasteiger partial charge in [-0.05, 0) is 12.1 Å². The Hall–Kier alpha value is -1.23. The van der Waals surface area contributed by atoms with E-state index in [0.717, 1.165) is 6.07 Å². The Labute approximate surface area is 91.6 Å². The highest BCUT2D eigenvalue weighted by Crippen LogP contribution is 2.36. The minimum Gasteiger partial charge on any atom is -0.378 e. The van der Waals surface area contributed by atoms with E-state index in [1.165, 1.54) is 12.1 Å². The molecule has 16 heavy (non-hydrogen) atoms. The topological polar surface area (TPSA) is 12.5 Å². The summed E-state index contributed by atoms with van der Waals surface area (Å²) in [6.45, 7) is 1.97. The van der Waals surface area contributed by atoms with Crippen LogP contribution in [0.15, 0.2) is 24.3 Å². The van der Waals surface area contributed by atoms with Crippen molar-refractivity contribution in [3.05, 3.63) is 29.8 Å². The molecule has 1 aliphatic rings. The highest BCUT2D eigenvalue weighted by molar-refractivity contribution is 5.55. The number of halogens is 3. The van der Waals surface area contributed by atoms with Gasteiger partial charge in [-0.25, -0.2) is 0 Å². The lowest BCUT2D eigenvalue weighted by molar-refractivity contribution is -0.137. The molecule has 1 fully saturated rings. The molecule has 0 atom stereocenters. The van der Waals surface area contributed by atoms with Crippen LogP contribution in [-0.2, 0) is 10.9 Å². The summed E-state index contributed by atoms with van der Waals surface area (Å²) in [5, 5.41) is 0. The fourth-order valence-corrected chi connectivity index (χ4v) is 1.79. The summed E-state index contributed by atoms with van der Waals surface area (Å²) < 4.78 is 43.4. The van der Waals surface area contributed by atoms with Crippen LogP contribution in [0, 0.1) is 0 Å². The van der Waals surface area contributed by atoms with Gasteiger partial charge in [-0.15, -0.1) is 0 Å². The fraction of sp³-hybridized carbons (Fsp3) is 0.455. The van der Waals surface area contributed by atoms with Crippen LogP contribution in [0.3, 0.4) is 0 Å². The van der Waals surface area contributed by atoms with Gasteiger partial charge in [0.15, 0.2) is 0 Å². The fourth-order valence-electron chi connectivity index (χ4n) is 1.79. The van der Waals surface area contributed by atoms with Crippen molar-refractivity contribution in [2.75, 3.05) is 31.2 Å². The quantitative estimate of drug-likeness (QED) is 0.736. The van der Waals surface area contributed by atoms with Gasteiger partial charge in [-0.1, -0.05) is 12.1 Å². The van der Waals surface area contributed by atoms with E-state index >= 15 is 0 Å². The number of rotatable bonds is 1. The molecule has 0 spiro atoms. The van der Waals surface area contributed by atoms with E-state index in [9.17, 15) is 13.2 Å².